The molecule has 0 aliphatic carbocycles. The molecule has 7 heteroatoms. The van der Waals surface area contributed by atoms with Gasteiger partial charge in [-0.3, -0.25) is 9.59 Å². The maximum absolute atomic E-state index is 12.2. The number of hydrogen-bond acceptors (Lipinski definition) is 3. The summed E-state index contributed by atoms with van der Waals surface area (Å²) >= 11 is 11.9. The highest BCUT2D eigenvalue weighted by atomic mass is 35.5. The maximum atomic E-state index is 12.2. The number of carbonyl (C=O) groups excluding carboxylic acids is 2. The van der Waals surface area contributed by atoms with Gasteiger partial charge in [0.2, 0.25) is 5.91 Å². The highest BCUT2D eigenvalue weighted by Gasteiger charge is 2.08. The van der Waals surface area contributed by atoms with E-state index in [0.717, 1.165) is 11.3 Å². The molecule has 0 aromatic heterocycles. The zero-order valence-corrected chi connectivity index (χ0v) is 16.9. The molecule has 0 bridgehead atoms. The molecule has 0 saturated carbocycles. The largest absolute Gasteiger partial charge is 0.376 e. The van der Waals surface area contributed by atoms with Crippen molar-refractivity contribution in [3.05, 3.63) is 94.0 Å². The molecule has 0 aliphatic heterocycles. The van der Waals surface area contributed by atoms with Gasteiger partial charge in [0.25, 0.3) is 5.91 Å². The second kappa shape index (κ2) is 9.96. The van der Waals surface area contributed by atoms with Crippen LogP contribution in [0.4, 0.5) is 11.4 Å². The SMILES string of the molecule is O=C(CNc1ccc(C(=O)NCc2ccccc2)cc1)Nc1ccc(Cl)cc1Cl. The standard InChI is InChI=1S/C22H19Cl2N3O2/c23-17-8-11-20(19(24)12-17)27-21(28)14-25-18-9-6-16(7-10-18)22(29)26-13-15-4-2-1-3-5-15/h1-12,25H,13-14H2,(H,26,29)(H,27,28). The Morgan fingerprint density at radius 1 is 0.862 bits per heavy atom. The molecule has 5 nitrogen and oxygen atoms in total. The predicted molar refractivity (Wildman–Crippen MR) is 118 cm³/mol. The van der Waals surface area contributed by atoms with Gasteiger partial charge in [-0.2, -0.15) is 0 Å². The van der Waals surface area contributed by atoms with Crippen LogP contribution in [0.15, 0.2) is 72.8 Å². The lowest BCUT2D eigenvalue weighted by molar-refractivity contribution is -0.114. The number of hydrogen-bond donors (Lipinski definition) is 3. The summed E-state index contributed by atoms with van der Waals surface area (Å²) in [7, 11) is 0. The van der Waals surface area contributed by atoms with E-state index in [1.54, 1.807) is 42.5 Å². The number of benzene rings is 3. The average molecular weight is 428 g/mol. The Bertz CT molecular complexity index is 993. The molecule has 3 aromatic carbocycles. The van der Waals surface area contributed by atoms with Gasteiger partial charge in [-0.05, 0) is 48.0 Å². The van der Waals surface area contributed by atoms with Crippen LogP contribution in [0.1, 0.15) is 15.9 Å². The van der Waals surface area contributed by atoms with Gasteiger partial charge in [0, 0.05) is 22.8 Å². The van der Waals surface area contributed by atoms with E-state index in [0.29, 0.717) is 27.8 Å². The molecule has 148 valence electrons. The Balaban J connectivity index is 1.48. The van der Waals surface area contributed by atoms with Crippen LogP contribution in [-0.4, -0.2) is 18.4 Å². The van der Waals surface area contributed by atoms with E-state index < -0.39 is 0 Å². The molecule has 0 atom stereocenters. The fraction of sp³-hybridized carbons (Fsp3) is 0.0909. The van der Waals surface area contributed by atoms with Crippen LogP contribution in [-0.2, 0) is 11.3 Å². The molecule has 0 heterocycles. The first-order valence-corrected chi connectivity index (χ1v) is 9.68. The molecule has 3 rings (SSSR count). The van der Waals surface area contributed by atoms with Gasteiger partial charge < -0.3 is 16.0 Å². The summed E-state index contributed by atoms with van der Waals surface area (Å²) in [4.78, 5) is 24.3. The summed E-state index contributed by atoms with van der Waals surface area (Å²) in [5, 5.41) is 9.47. The topological polar surface area (TPSA) is 70.2 Å². The van der Waals surface area contributed by atoms with Crippen LogP contribution in [0.3, 0.4) is 0 Å². The van der Waals surface area contributed by atoms with Crippen molar-refractivity contribution in [2.75, 3.05) is 17.2 Å². The van der Waals surface area contributed by atoms with Crippen LogP contribution in [0.5, 0.6) is 0 Å². The third kappa shape index (κ3) is 6.24. The summed E-state index contributed by atoms with van der Waals surface area (Å²) in [6, 6.07) is 21.5. The molecule has 0 radical (unpaired) electrons. The summed E-state index contributed by atoms with van der Waals surface area (Å²) in [5.41, 5.74) is 2.80. The Hall–Kier alpha value is -3.02. The van der Waals surface area contributed by atoms with Gasteiger partial charge >= 0.3 is 0 Å². The number of halogens is 2. The molecule has 29 heavy (non-hydrogen) atoms. The molecule has 0 saturated heterocycles. The van der Waals surface area contributed by atoms with Crippen molar-refractivity contribution in [1.82, 2.24) is 5.32 Å². The first-order valence-electron chi connectivity index (χ1n) is 8.92. The number of amides is 2. The summed E-state index contributed by atoms with van der Waals surface area (Å²) in [6.45, 7) is 0.519. The number of nitrogens with one attached hydrogen (secondary N) is 3. The van der Waals surface area contributed by atoms with Crippen molar-refractivity contribution < 1.29 is 9.59 Å². The van der Waals surface area contributed by atoms with Crippen LogP contribution in [0, 0.1) is 0 Å². The van der Waals surface area contributed by atoms with Gasteiger partial charge in [-0.1, -0.05) is 53.5 Å². The first kappa shape index (κ1) is 20.7. The molecule has 0 aliphatic rings. The van der Waals surface area contributed by atoms with Crippen LogP contribution < -0.4 is 16.0 Å². The van der Waals surface area contributed by atoms with Crippen molar-refractivity contribution in [3.63, 3.8) is 0 Å². The number of carbonyl (C=O) groups is 2. The van der Waals surface area contributed by atoms with E-state index in [4.69, 9.17) is 23.2 Å². The molecule has 3 N–H and O–H groups in total. The van der Waals surface area contributed by atoms with Crippen LogP contribution >= 0.6 is 23.2 Å². The lowest BCUT2D eigenvalue weighted by Gasteiger charge is -2.10. The highest BCUT2D eigenvalue weighted by molar-refractivity contribution is 6.36. The summed E-state index contributed by atoms with van der Waals surface area (Å²) < 4.78 is 0. The zero-order valence-electron chi connectivity index (χ0n) is 15.4. The predicted octanol–water partition coefficient (Wildman–Crippen LogP) is 4.97. The van der Waals surface area contributed by atoms with Crippen molar-refractivity contribution in [3.8, 4) is 0 Å². The fourth-order valence-electron chi connectivity index (χ4n) is 2.59. The van der Waals surface area contributed by atoms with Crippen LogP contribution in [0.2, 0.25) is 10.0 Å². The Labute approximate surface area is 179 Å². The van der Waals surface area contributed by atoms with Crippen molar-refractivity contribution in [2.45, 2.75) is 6.54 Å². The monoisotopic (exact) mass is 427 g/mol. The maximum Gasteiger partial charge on any atom is 0.251 e. The molecular formula is C22H19Cl2N3O2. The van der Waals surface area contributed by atoms with Gasteiger partial charge in [-0.15, -0.1) is 0 Å². The second-order valence-electron chi connectivity index (χ2n) is 6.27. The number of anilines is 2. The van der Waals surface area contributed by atoms with Crippen molar-refractivity contribution in [2.24, 2.45) is 0 Å². The highest BCUT2D eigenvalue weighted by Crippen LogP contribution is 2.25. The smallest absolute Gasteiger partial charge is 0.251 e. The fourth-order valence-corrected chi connectivity index (χ4v) is 3.04. The molecule has 2 amide bonds. The van der Waals surface area contributed by atoms with Gasteiger partial charge in [0.15, 0.2) is 0 Å². The minimum atomic E-state index is -0.251. The summed E-state index contributed by atoms with van der Waals surface area (Å²) in [5.74, 6) is -0.408. The van der Waals surface area contributed by atoms with E-state index in [1.165, 1.54) is 0 Å². The number of rotatable bonds is 7. The van der Waals surface area contributed by atoms with E-state index in [-0.39, 0.29) is 18.4 Å². The van der Waals surface area contributed by atoms with E-state index >= 15 is 0 Å². The zero-order chi connectivity index (χ0) is 20.6. The normalized spacial score (nSPS) is 10.3. The lowest BCUT2D eigenvalue weighted by atomic mass is 10.1. The average Bonchev–Trinajstić information content (AvgIpc) is 2.73. The first-order chi connectivity index (χ1) is 14.0. The third-order valence-corrected chi connectivity index (χ3v) is 4.65. The van der Waals surface area contributed by atoms with Crippen LogP contribution in [0.25, 0.3) is 0 Å². The van der Waals surface area contributed by atoms with Gasteiger partial charge in [-0.25, -0.2) is 0 Å². The van der Waals surface area contributed by atoms with Crippen molar-refractivity contribution >= 4 is 46.4 Å². The van der Waals surface area contributed by atoms with E-state index in [2.05, 4.69) is 16.0 Å². The summed E-state index contributed by atoms with van der Waals surface area (Å²) in [6.07, 6.45) is 0. The molecule has 0 unspecified atom stereocenters. The third-order valence-electron chi connectivity index (χ3n) is 4.10. The van der Waals surface area contributed by atoms with Crippen molar-refractivity contribution in [1.29, 1.82) is 0 Å². The minimum absolute atomic E-state index is 0.0541. The lowest BCUT2D eigenvalue weighted by Crippen LogP contribution is -2.23. The second-order valence-corrected chi connectivity index (χ2v) is 7.12. The Morgan fingerprint density at radius 2 is 1.59 bits per heavy atom. The molecule has 0 fully saturated rings. The molecule has 0 spiro atoms. The minimum Gasteiger partial charge on any atom is -0.376 e. The molecular weight excluding hydrogens is 409 g/mol. The Morgan fingerprint density at radius 3 is 2.28 bits per heavy atom. The van der Waals surface area contributed by atoms with Gasteiger partial charge in [0.1, 0.15) is 0 Å². The van der Waals surface area contributed by atoms with E-state index in [1.807, 2.05) is 30.3 Å². The quantitative estimate of drug-likeness (QED) is 0.498. The van der Waals surface area contributed by atoms with E-state index in [9.17, 15) is 9.59 Å². The Kier molecular flexibility index (Phi) is 7.11. The van der Waals surface area contributed by atoms with Gasteiger partial charge in [0.05, 0.1) is 17.3 Å². The molecule has 3 aromatic rings.